The van der Waals surface area contributed by atoms with E-state index in [0.717, 1.165) is 43.4 Å². The van der Waals surface area contributed by atoms with Crippen molar-refractivity contribution in [3.05, 3.63) is 95.4 Å². The van der Waals surface area contributed by atoms with Gasteiger partial charge in [0, 0.05) is 42.7 Å². The van der Waals surface area contributed by atoms with Crippen molar-refractivity contribution in [2.75, 3.05) is 13.1 Å². The smallest absolute Gasteiger partial charge is 0.206 e. The number of halogens is 1. The first kappa shape index (κ1) is 20.0. The van der Waals surface area contributed by atoms with Crippen LogP contribution in [0.15, 0.2) is 82.6 Å². The highest BCUT2D eigenvalue weighted by Crippen LogP contribution is 2.30. The number of nitrogens with one attached hydrogen (secondary N) is 1. The zero-order valence-electron chi connectivity index (χ0n) is 17.0. The van der Waals surface area contributed by atoms with E-state index in [1.54, 1.807) is 12.1 Å². The summed E-state index contributed by atoms with van der Waals surface area (Å²) in [6, 6.07) is 20.6. The molecular weight excluding hydrogens is 411 g/mol. The van der Waals surface area contributed by atoms with Gasteiger partial charge in [-0.05, 0) is 60.0 Å². The third kappa shape index (κ3) is 3.89. The van der Waals surface area contributed by atoms with Crippen molar-refractivity contribution >= 4 is 20.7 Å². The zero-order chi connectivity index (χ0) is 21.4. The van der Waals surface area contributed by atoms with Crippen LogP contribution in [0.25, 0.3) is 10.9 Å². The molecule has 2 heterocycles. The molecule has 3 aromatic carbocycles. The lowest BCUT2D eigenvalue weighted by atomic mass is 10.1. The van der Waals surface area contributed by atoms with E-state index in [0.29, 0.717) is 0 Å². The van der Waals surface area contributed by atoms with Crippen molar-refractivity contribution in [1.29, 1.82) is 0 Å². The first-order valence-electron chi connectivity index (χ1n) is 10.4. The number of sulfone groups is 1. The molecule has 1 aliphatic rings. The van der Waals surface area contributed by atoms with Gasteiger partial charge in [-0.1, -0.05) is 30.3 Å². The van der Waals surface area contributed by atoms with Crippen LogP contribution < -0.4 is 0 Å². The molecule has 1 aromatic heterocycles. The van der Waals surface area contributed by atoms with Crippen LogP contribution in [0.2, 0.25) is 0 Å². The van der Waals surface area contributed by atoms with Crippen LogP contribution in [0.4, 0.5) is 4.39 Å². The molecule has 0 bridgehead atoms. The Bertz CT molecular complexity index is 1330. The summed E-state index contributed by atoms with van der Waals surface area (Å²) in [4.78, 5) is 6.27. The Kier molecular flexibility index (Phi) is 5.12. The molecule has 1 N–H and O–H groups in total. The van der Waals surface area contributed by atoms with E-state index >= 15 is 0 Å². The lowest BCUT2D eigenvalue weighted by Crippen LogP contribution is -2.26. The Balaban J connectivity index is 1.44. The normalized spacial score (nSPS) is 15.0. The van der Waals surface area contributed by atoms with Crippen molar-refractivity contribution in [2.24, 2.45) is 0 Å². The van der Waals surface area contributed by atoms with Gasteiger partial charge < -0.3 is 4.98 Å². The number of nitrogens with zero attached hydrogens (tertiary/aromatic N) is 1. The minimum Gasteiger partial charge on any atom is -0.358 e. The highest BCUT2D eigenvalue weighted by atomic mass is 32.2. The van der Waals surface area contributed by atoms with Crippen LogP contribution in [0.3, 0.4) is 0 Å². The summed E-state index contributed by atoms with van der Waals surface area (Å²) in [6.07, 6.45) is 1.76. The second-order valence-corrected chi connectivity index (χ2v) is 9.96. The van der Waals surface area contributed by atoms with E-state index in [1.807, 2.05) is 12.1 Å². The average Bonchev–Trinajstić information content (AvgIpc) is 3.01. The summed E-state index contributed by atoms with van der Waals surface area (Å²) >= 11 is 0. The van der Waals surface area contributed by atoms with Gasteiger partial charge in [-0.3, -0.25) is 4.90 Å². The second kappa shape index (κ2) is 7.94. The SMILES string of the molecule is O=S(=O)(c1ccc(F)cc1)c1ccc2[nH]c3c(c2c1)CCN(Cc1ccccc1)CC3. The van der Waals surface area contributed by atoms with Crippen LogP contribution in [0, 0.1) is 5.82 Å². The molecule has 4 aromatic rings. The van der Waals surface area contributed by atoms with Crippen LogP contribution in [-0.2, 0) is 29.2 Å². The third-order valence-electron chi connectivity index (χ3n) is 6.01. The number of rotatable bonds is 4. The number of hydrogen-bond acceptors (Lipinski definition) is 3. The molecule has 4 nitrogen and oxygen atoms in total. The Morgan fingerprint density at radius 2 is 1.58 bits per heavy atom. The summed E-state index contributed by atoms with van der Waals surface area (Å²) in [5.41, 5.74) is 4.63. The minimum atomic E-state index is -3.70. The van der Waals surface area contributed by atoms with Gasteiger partial charge in [-0.2, -0.15) is 0 Å². The lowest BCUT2D eigenvalue weighted by molar-refractivity contribution is 0.279. The molecule has 0 fully saturated rings. The van der Waals surface area contributed by atoms with Gasteiger partial charge in [0.1, 0.15) is 5.82 Å². The topological polar surface area (TPSA) is 53.2 Å². The van der Waals surface area contributed by atoms with Crippen molar-refractivity contribution < 1.29 is 12.8 Å². The average molecular weight is 435 g/mol. The van der Waals surface area contributed by atoms with E-state index in [9.17, 15) is 12.8 Å². The Labute approximate surface area is 181 Å². The first-order chi connectivity index (χ1) is 15.0. The fourth-order valence-corrected chi connectivity index (χ4v) is 5.64. The number of hydrogen-bond donors (Lipinski definition) is 1. The van der Waals surface area contributed by atoms with Crippen LogP contribution in [0.5, 0.6) is 0 Å². The molecule has 0 unspecified atom stereocenters. The summed E-state index contributed by atoms with van der Waals surface area (Å²) in [6.45, 7) is 2.78. The highest BCUT2D eigenvalue weighted by molar-refractivity contribution is 7.91. The van der Waals surface area contributed by atoms with Crippen LogP contribution in [-0.4, -0.2) is 31.4 Å². The van der Waals surface area contributed by atoms with E-state index in [4.69, 9.17) is 0 Å². The van der Waals surface area contributed by atoms with Crippen molar-refractivity contribution in [3.8, 4) is 0 Å². The standard InChI is InChI=1S/C25H23FN2O2S/c26-19-6-8-20(9-7-19)31(29,30)21-10-11-24-23(16-21)22-12-14-28(15-13-25(22)27-24)17-18-4-2-1-3-5-18/h1-11,16,27H,12-15,17H2. The summed E-state index contributed by atoms with van der Waals surface area (Å²) in [5, 5.41) is 0.958. The molecule has 0 amide bonds. The Morgan fingerprint density at radius 3 is 2.35 bits per heavy atom. The number of aromatic amines is 1. The molecule has 1 aliphatic heterocycles. The summed E-state index contributed by atoms with van der Waals surface area (Å²) in [5.74, 6) is -0.453. The molecule has 0 aliphatic carbocycles. The van der Waals surface area contributed by atoms with Gasteiger partial charge in [0.05, 0.1) is 9.79 Å². The predicted octanol–water partition coefficient (Wildman–Crippen LogP) is 4.74. The van der Waals surface area contributed by atoms with Crippen LogP contribution >= 0.6 is 0 Å². The van der Waals surface area contributed by atoms with Gasteiger partial charge >= 0.3 is 0 Å². The molecule has 0 spiro atoms. The van der Waals surface area contributed by atoms with Gasteiger partial charge in [0.25, 0.3) is 0 Å². The molecule has 5 rings (SSSR count). The molecule has 6 heteroatoms. The molecule has 0 atom stereocenters. The number of benzene rings is 3. The first-order valence-corrected chi connectivity index (χ1v) is 11.9. The van der Waals surface area contributed by atoms with Crippen molar-refractivity contribution in [2.45, 2.75) is 29.2 Å². The Morgan fingerprint density at radius 1 is 0.871 bits per heavy atom. The zero-order valence-corrected chi connectivity index (χ0v) is 17.8. The van der Waals surface area contributed by atoms with Gasteiger partial charge in [0.2, 0.25) is 9.84 Å². The molecule has 0 radical (unpaired) electrons. The molecule has 31 heavy (non-hydrogen) atoms. The molecule has 0 saturated heterocycles. The van der Waals surface area contributed by atoms with Gasteiger partial charge in [0.15, 0.2) is 0 Å². The number of fused-ring (bicyclic) bond motifs is 3. The summed E-state index contributed by atoms with van der Waals surface area (Å²) in [7, 11) is -3.70. The largest absolute Gasteiger partial charge is 0.358 e. The van der Waals surface area contributed by atoms with Crippen molar-refractivity contribution in [1.82, 2.24) is 9.88 Å². The number of aromatic nitrogens is 1. The summed E-state index contributed by atoms with van der Waals surface area (Å²) < 4.78 is 39.4. The maximum absolute atomic E-state index is 13.2. The fourth-order valence-electron chi connectivity index (χ4n) is 4.35. The van der Waals surface area contributed by atoms with E-state index in [2.05, 4.69) is 34.1 Å². The molecule has 0 saturated carbocycles. The van der Waals surface area contributed by atoms with Crippen molar-refractivity contribution in [3.63, 3.8) is 0 Å². The fraction of sp³-hybridized carbons (Fsp3) is 0.200. The monoisotopic (exact) mass is 434 g/mol. The van der Waals surface area contributed by atoms with E-state index in [-0.39, 0.29) is 9.79 Å². The van der Waals surface area contributed by atoms with E-state index < -0.39 is 15.7 Å². The van der Waals surface area contributed by atoms with Crippen LogP contribution in [0.1, 0.15) is 16.8 Å². The van der Waals surface area contributed by atoms with E-state index in [1.165, 1.54) is 41.1 Å². The Hall–Kier alpha value is -2.96. The highest BCUT2D eigenvalue weighted by Gasteiger charge is 2.22. The second-order valence-electron chi connectivity index (χ2n) is 8.01. The maximum Gasteiger partial charge on any atom is 0.206 e. The third-order valence-corrected chi connectivity index (χ3v) is 7.77. The molecule has 158 valence electrons. The minimum absolute atomic E-state index is 0.101. The quantitative estimate of drug-likeness (QED) is 0.472. The van der Waals surface area contributed by atoms with Gasteiger partial charge in [-0.25, -0.2) is 12.8 Å². The number of H-pyrrole nitrogens is 1. The molecular formula is C25H23FN2O2S. The maximum atomic E-state index is 13.2. The predicted molar refractivity (Wildman–Crippen MR) is 119 cm³/mol. The lowest BCUT2D eigenvalue weighted by Gasteiger charge is -2.19. The van der Waals surface area contributed by atoms with Gasteiger partial charge in [-0.15, -0.1) is 0 Å².